The summed E-state index contributed by atoms with van der Waals surface area (Å²) < 4.78 is 5.39. The van der Waals surface area contributed by atoms with Crippen LogP contribution in [0.25, 0.3) is 6.08 Å². The number of guanidine groups is 1. The third-order valence-corrected chi connectivity index (χ3v) is 8.61. The minimum atomic E-state index is 0.0151. The molecule has 9 nitrogen and oxygen atoms in total. The van der Waals surface area contributed by atoms with E-state index in [2.05, 4.69) is 40.4 Å². The Morgan fingerprint density at radius 1 is 1.10 bits per heavy atom. The quantitative estimate of drug-likeness (QED) is 0.505. The molecule has 3 aliphatic rings. The molecule has 2 unspecified atom stereocenters. The van der Waals surface area contributed by atoms with E-state index in [0.29, 0.717) is 63.5 Å². The number of rotatable bonds is 6. The standard InChI is InChI=1S/C31H40N6O3S/c1-22-16-23(2)21-36(20-22)11-9-29(38)34-25-6-5-7-26(18-25)35-31-32-10-4-3-8-27-24(19-33-31)17-28(41-27)30(39)37-12-14-40-15-13-37/h3,5-8,10,17-18,22-23H,4,9,11-16,19-21H2,1-2H3,(H,33,35)(H,34,38)/b8-3-,32-10-. The highest BCUT2D eigenvalue weighted by molar-refractivity contribution is 7.15. The van der Waals surface area contributed by atoms with Gasteiger partial charge in [0.1, 0.15) is 0 Å². The molecule has 1 aromatic carbocycles. The molecule has 10 heteroatoms. The first-order valence-corrected chi connectivity index (χ1v) is 15.4. The van der Waals surface area contributed by atoms with Gasteiger partial charge in [-0.05, 0) is 54.2 Å². The van der Waals surface area contributed by atoms with Crippen LogP contribution >= 0.6 is 11.3 Å². The van der Waals surface area contributed by atoms with Crippen LogP contribution in [-0.4, -0.2) is 79.7 Å². The molecule has 2 saturated heterocycles. The Bertz CT molecular complexity index is 1300. The van der Waals surface area contributed by atoms with Gasteiger partial charge in [-0.3, -0.25) is 9.59 Å². The molecule has 218 valence electrons. The number of ether oxygens (including phenoxy) is 1. The molecule has 2 N–H and O–H groups in total. The molecule has 41 heavy (non-hydrogen) atoms. The van der Waals surface area contributed by atoms with Crippen LogP contribution in [0.3, 0.4) is 0 Å². The van der Waals surface area contributed by atoms with E-state index in [1.165, 1.54) is 17.8 Å². The van der Waals surface area contributed by atoms with Crippen LogP contribution in [0.2, 0.25) is 0 Å². The van der Waals surface area contributed by atoms with Gasteiger partial charge in [-0.15, -0.1) is 11.3 Å². The molecule has 0 radical (unpaired) electrons. The second-order valence-electron chi connectivity index (χ2n) is 11.2. The second kappa shape index (κ2) is 14.0. The summed E-state index contributed by atoms with van der Waals surface area (Å²) in [4.78, 5) is 41.0. The SMILES string of the molecule is CC1CC(C)CN(CCC(=O)Nc2cccc(NC3=N/Cc4cc(C(=O)N5CCOCC5)sc4/C=C\C/C=N\3)c2)C1. The summed E-state index contributed by atoms with van der Waals surface area (Å²) in [6.45, 7) is 10.3. The van der Waals surface area contributed by atoms with E-state index in [4.69, 9.17) is 9.73 Å². The molecular formula is C31H40N6O3S. The number of allylic oxidation sites excluding steroid dienone is 1. The normalized spacial score (nSPS) is 24.4. The third kappa shape index (κ3) is 8.34. The Morgan fingerprint density at radius 2 is 1.88 bits per heavy atom. The van der Waals surface area contributed by atoms with Crippen LogP contribution in [0.4, 0.5) is 11.4 Å². The zero-order chi connectivity index (χ0) is 28.6. The Hall–Kier alpha value is -3.34. The zero-order valence-electron chi connectivity index (χ0n) is 24.0. The average Bonchev–Trinajstić information content (AvgIpc) is 3.37. The number of benzene rings is 1. The first kappa shape index (κ1) is 29.2. The number of morpholine rings is 1. The fourth-order valence-corrected chi connectivity index (χ4v) is 6.72. The number of aliphatic imine (C=N–C) groups is 2. The van der Waals surface area contributed by atoms with Gasteiger partial charge in [-0.2, -0.15) is 0 Å². The summed E-state index contributed by atoms with van der Waals surface area (Å²) in [6.07, 6.45) is 8.30. The largest absolute Gasteiger partial charge is 0.378 e. The summed E-state index contributed by atoms with van der Waals surface area (Å²) in [6, 6.07) is 9.57. The summed E-state index contributed by atoms with van der Waals surface area (Å²) in [5.41, 5.74) is 2.52. The fourth-order valence-electron chi connectivity index (χ4n) is 5.64. The number of carbonyl (C=O) groups is 2. The van der Waals surface area contributed by atoms with E-state index in [-0.39, 0.29) is 11.8 Å². The van der Waals surface area contributed by atoms with Crippen molar-refractivity contribution in [2.45, 2.75) is 39.7 Å². The molecule has 0 saturated carbocycles. The Kier molecular flexibility index (Phi) is 9.97. The van der Waals surface area contributed by atoms with Gasteiger partial charge in [0.25, 0.3) is 5.91 Å². The number of likely N-dealkylation sites (tertiary alicyclic amines) is 1. The van der Waals surface area contributed by atoms with Crippen molar-refractivity contribution < 1.29 is 14.3 Å². The van der Waals surface area contributed by atoms with Crippen LogP contribution < -0.4 is 10.6 Å². The molecular weight excluding hydrogens is 536 g/mol. The van der Waals surface area contributed by atoms with Crippen molar-refractivity contribution in [2.75, 3.05) is 56.6 Å². The molecule has 1 aromatic heterocycles. The predicted octanol–water partition coefficient (Wildman–Crippen LogP) is 4.98. The van der Waals surface area contributed by atoms with Gasteiger partial charge in [-0.25, -0.2) is 9.98 Å². The average molecular weight is 577 g/mol. The van der Waals surface area contributed by atoms with Crippen molar-refractivity contribution in [2.24, 2.45) is 21.8 Å². The van der Waals surface area contributed by atoms with Gasteiger partial charge < -0.3 is 25.2 Å². The molecule has 0 spiro atoms. The van der Waals surface area contributed by atoms with Crippen molar-refractivity contribution >= 4 is 52.8 Å². The van der Waals surface area contributed by atoms with Crippen LogP contribution in [0.5, 0.6) is 0 Å². The summed E-state index contributed by atoms with van der Waals surface area (Å²) in [5, 5.41) is 6.34. The van der Waals surface area contributed by atoms with Crippen LogP contribution in [0.15, 0.2) is 46.4 Å². The molecule has 2 aromatic rings. The lowest BCUT2D eigenvalue weighted by Gasteiger charge is -2.34. The van der Waals surface area contributed by atoms with Gasteiger partial charge in [0, 0.05) is 68.0 Å². The number of piperidine rings is 1. The molecule has 5 rings (SSSR count). The van der Waals surface area contributed by atoms with E-state index in [9.17, 15) is 9.59 Å². The summed E-state index contributed by atoms with van der Waals surface area (Å²) in [7, 11) is 0. The molecule has 2 amide bonds. The number of nitrogens with zero attached hydrogens (tertiary/aromatic N) is 4. The molecule has 2 fully saturated rings. The van der Waals surface area contributed by atoms with Gasteiger partial charge >= 0.3 is 0 Å². The van der Waals surface area contributed by atoms with Gasteiger partial charge in [0.05, 0.1) is 24.6 Å². The van der Waals surface area contributed by atoms with Crippen molar-refractivity contribution in [1.29, 1.82) is 0 Å². The number of fused-ring (bicyclic) bond motifs is 1. The number of hydrogen-bond acceptors (Lipinski definition) is 8. The fraction of sp³-hybridized carbons (Fsp3) is 0.484. The van der Waals surface area contributed by atoms with Crippen molar-refractivity contribution in [3.8, 4) is 0 Å². The maximum Gasteiger partial charge on any atom is 0.264 e. The summed E-state index contributed by atoms with van der Waals surface area (Å²) in [5.74, 6) is 1.90. The maximum absolute atomic E-state index is 13.0. The van der Waals surface area contributed by atoms with Crippen molar-refractivity contribution in [3.05, 3.63) is 51.7 Å². The number of amides is 2. The topological polar surface area (TPSA) is 98.6 Å². The Balaban J connectivity index is 1.20. The van der Waals surface area contributed by atoms with E-state index in [1.807, 2.05) is 47.5 Å². The highest BCUT2D eigenvalue weighted by Crippen LogP contribution is 2.27. The number of carbonyl (C=O) groups excluding carboxylic acids is 2. The first-order chi connectivity index (χ1) is 19.9. The highest BCUT2D eigenvalue weighted by Gasteiger charge is 2.23. The van der Waals surface area contributed by atoms with E-state index in [1.54, 1.807) is 0 Å². The highest BCUT2D eigenvalue weighted by atomic mass is 32.1. The first-order valence-electron chi connectivity index (χ1n) is 14.6. The Morgan fingerprint density at radius 3 is 2.68 bits per heavy atom. The lowest BCUT2D eigenvalue weighted by Crippen LogP contribution is -2.40. The maximum atomic E-state index is 13.0. The zero-order valence-corrected chi connectivity index (χ0v) is 24.8. The monoisotopic (exact) mass is 576 g/mol. The van der Waals surface area contributed by atoms with E-state index in [0.717, 1.165) is 46.3 Å². The molecule has 0 aliphatic carbocycles. The molecule has 3 aliphatic heterocycles. The Labute approximate surface area is 246 Å². The van der Waals surface area contributed by atoms with Crippen LogP contribution in [0, 0.1) is 11.8 Å². The van der Waals surface area contributed by atoms with Crippen LogP contribution in [0.1, 0.15) is 53.2 Å². The minimum absolute atomic E-state index is 0.0151. The van der Waals surface area contributed by atoms with Crippen LogP contribution in [-0.2, 0) is 16.1 Å². The molecule has 2 atom stereocenters. The van der Waals surface area contributed by atoms with Crippen molar-refractivity contribution in [1.82, 2.24) is 9.80 Å². The molecule has 0 bridgehead atoms. The van der Waals surface area contributed by atoms with Gasteiger partial charge in [-0.1, -0.05) is 26.0 Å². The second-order valence-corrected chi connectivity index (χ2v) is 12.3. The smallest absolute Gasteiger partial charge is 0.264 e. The summed E-state index contributed by atoms with van der Waals surface area (Å²) >= 11 is 1.51. The van der Waals surface area contributed by atoms with E-state index < -0.39 is 0 Å². The lowest BCUT2D eigenvalue weighted by atomic mass is 9.92. The number of hydrogen-bond donors (Lipinski definition) is 2. The predicted molar refractivity (Wildman–Crippen MR) is 167 cm³/mol. The third-order valence-electron chi connectivity index (χ3n) is 7.48. The number of nitrogens with one attached hydrogen (secondary N) is 2. The lowest BCUT2D eigenvalue weighted by molar-refractivity contribution is -0.116. The van der Waals surface area contributed by atoms with E-state index >= 15 is 0 Å². The minimum Gasteiger partial charge on any atom is -0.378 e. The van der Waals surface area contributed by atoms with Gasteiger partial charge in [0.2, 0.25) is 11.9 Å². The molecule has 4 heterocycles. The van der Waals surface area contributed by atoms with Crippen molar-refractivity contribution in [3.63, 3.8) is 0 Å². The number of thiophene rings is 1. The number of anilines is 2. The van der Waals surface area contributed by atoms with Gasteiger partial charge in [0.15, 0.2) is 0 Å².